The Kier molecular flexibility index (Phi) is 18.0. The van der Waals surface area contributed by atoms with Crippen LogP contribution >= 0.6 is 0 Å². The maximum atomic E-state index is 6.79. The van der Waals surface area contributed by atoms with Gasteiger partial charge in [-0.05, 0) is 107 Å². The third-order valence-electron chi connectivity index (χ3n) is 15.9. The van der Waals surface area contributed by atoms with Crippen LogP contribution in [0.1, 0.15) is 165 Å². The standard InChI is InChI=1S/C68H78N8O2/c1-7-9-11-13-15-17-19-21-23-25-43-77-67-47(5)49-29-33-57(74-63(49)65-54(67)28-27-46(4)73-65)52-37-41-72-62-53(38-42-71-61(52)62)58-34-31-55-66(76-58)64-50(48(6)68(55)78-44-26-24-22-20-18-16-14-12-10-8-2)30-32-56(75-64)51-36-40-69-59-45(3)35-39-70-60(51)59/h27-42H,7-26,43-44H2,1-6H3. The highest BCUT2D eigenvalue weighted by molar-refractivity contribution is 6.11. The lowest BCUT2D eigenvalue weighted by molar-refractivity contribution is 0.306. The van der Waals surface area contributed by atoms with E-state index in [4.69, 9.17) is 44.4 Å². The van der Waals surface area contributed by atoms with Crippen LogP contribution in [0.3, 0.4) is 0 Å². The first-order chi connectivity index (χ1) is 38.3. The Hall–Kier alpha value is -7.20. The number of unbranched alkanes of at least 4 members (excludes halogenated alkanes) is 18. The number of nitrogens with zero attached hydrogens (tertiary/aromatic N) is 8. The highest BCUT2D eigenvalue weighted by Gasteiger charge is 2.22. The normalized spacial score (nSPS) is 11.8. The molecular weight excluding hydrogens is 961 g/mol. The summed E-state index contributed by atoms with van der Waals surface area (Å²) in [7, 11) is 0. The van der Waals surface area contributed by atoms with E-state index in [1.165, 1.54) is 109 Å². The Morgan fingerprint density at radius 3 is 1.08 bits per heavy atom. The number of hydrogen-bond donors (Lipinski definition) is 0. The lowest BCUT2D eigenvalue weighted by Gasteiger charge is -2.17. The lowest BCUT2D eigenvalue weighted by Crippen LogP contribution is -2.03. The number of rotatable bonds is 27. The second-order valence-electron chi connectivity index (χ2n) is 21.7. The molecule has 0 saturated carbocycles. The Bertz CT molecular complexity index is 3710. The maximum Gasteiger partial charge on any atom is 0.132 e. The monoisotopic (exact) mass is 1040 g/mol. The summed E-state index contributed by atoms with van der Waals surface area (Å²) in [5.41, 5.74) is 15.6. The molecule has 8 aromatic heterocycles. The molecule has 8 heterocycles. The minimum absolute atomic E-state index is 0.642. The van der Waals surface area contributed by atoms with Crippen LogP contribution in [0.2, 0.25) is 0 Å². The highest BCUT2D eigenvalue weighted by Crippen LogP contribution is 2.42. The third-order valence-corrected chi connectivity index (χ3v) is 15.9. The minimum atomic E-state index is 0.642. The smallest absolute Gasteiger partial charge is 0.132 e. The molecule has 0 N–H and O–H groups in total. The van der Waals surface area contributed by atoms with Crippen molar-refractivity contribution in [3.05, 3.63) is 120 Å². The number of aromatic nitrogens is 8. The number of pyridine rings is 8. The molecule has 402 valence electrons. The quantitative estimate of drug-likeness (QED) is 0.0363. The largest absolute Gasteiger partial charge is 0.493 e. The second kappa shape index (κ2) is 26.0. The zero-order valence-electron chi connectivity index (χ0n) is 47.2. The SMILES string of the molecule is CCCCCCCCCCCCOc1c(C)c2ccc(-c3ccnc4c(-c5ccc6c(OCCCCCCCCCCCC)c(C)c7ccc(-c8ccnc9c(C)ccnc89)nc7c6n5)ccnc34)nc2c2nc(C)ccc12. The van der Waals surface area contributed by atoms with E-state index in [0.717, 1.165) is 153 Å². The number of benzene rings is 2. The summed E-state index contributed by atoms with van der Waals surface area (Å²) in [5, 5.41) is 3.95. The van der Waals surface area contributed by atoms with E-state index in [0.29, 0.717) is 13.2 Å². The van der Waals surface area contributed by atoms with Gasteiger partial charge >= 0.3 is 0 Å². The molecule has 0 aliphatic carbocycles. The summed E-state index contributed by atoms with van der Waals surface area (Å²) in [5.74, 6) is 1.76. The van der Waals surface area contributed by atoms with Gasteiger partial charge in [-0.2, -0.15) is 0 Å². The molecule has 0 unspecified atom stereocenters. The van der Waals surface area contributed by atoms with Crippen molar-refractivity contribution < 1.29 is 9.47 Å². The molecule has 0 atom stereocenters. The van der Waals surface area contributed by atoms with E-state index < -0.39 is 0 Å². The van der Waals surface area contributed by atoms with E-state index in [2.05, 4.69) is 88.1 Å². The molecule has 2 aromatic carbocycles. The summed E-state index contributed by atoms with van der Waals surface area (Å²) < 4.78 is 13.4. The maximum absolute atomic E-state index is 6.79. The van der Waals surface area contributed by atoms with Gasteiger partial charge < -0.3 is 9.47 Å². The zero-order valence-corrected chi connectivity index (χ0v) is 47.2. The Labute approximate surface area is 461 Å². The zero-order chi connectivity index (χ0) is 53.8. The van der Waals surface area contributed by atoms with Crippen molar-refractivity contribution in [1.29, 1.82) is 0 Å². The summed E-state index contributed by atoms with van der Waals surface area (Å²) in [6.07, 6.45) is 33.0. The fourth-order valence-corrected chi connectivity index (χ4v) is 11.5. The van der Waals surface area contributed by atoms with Crippen molar-refractivity contribution in [2.45, 2.75) is 170 Å². The van der Waals surface area contributed by atoms with E-state index in [-0.39, 0.29) is 0 Å². The van der Waals surface area contributed by atoms with Crippen molar-refractivity contribution in [1.82, 2.24) is 39.9 Å². The van der Waals surface area contributed by atoms with Gasteiger partial charge in [0, 0.05) is 79.8 Å². The van der Waals surface area contributed by atoms with Crippen LogP contribution < -0.4 is 9.47 Å². The first-order valence-corrected chi connectivity index (χ1v) is 29.5. The summed E-state index contributed by atoms with van der Waals surface area (Å²) in [6.45, 7) is 14.3. The predicted octanol–water partition coefficient (Wildman–Crippen LogP) is 18.6. The fourth-order valence-electron chi connectivity index (χ4n) is 11.5. The molecule has 0 spiro atoms. The van der Waals surface area contributed by atoms with Crippen molar-refractivity contribution in [3.8, 4) is 45.3 Å². The molecule has 10 nitrogen and oxygen atoms in total. The fraction of sp³-hybridized carbons (Fsp3) is 0.412. The van der Waals surface area contributed by atoms with Crippen LogP contribution in [0.25, 0.3) is 99.5 Å². The van der Waals surface area contributed by atoms with Crippen LogP contribution in [0.15, 0.2) is 97.6 Å². The molecule has 0 fully saturated rings. The first kappa shape index (κ1) is 54.2. The average Bonchev–Trinajstić information content (AvgIpc) is 3.56. The predicted molar refractivity (Wildman–Crippen MR) is 324 cm³/mol. The number of fused-ring (bicyclic) bond motifs is 8. The van der Waals surface area contributed by atoms with E-state index in [1.807, 2.05) is 56.0 Å². The van der Waals surface area contributed by atoms with Gasteiger partial charge in [0.15, 0.2) is 0 Å². The molecule has 10 heteroatoms. The second-order valence-corrected chi connectivity index (χ2v) is 21.7. The Balaban J connectivity index is 0.969. The molecule has 0 saturated heterocycles. The first-order valence-electron chi connectivity index (χ1n) is 29.5. The van der Waals surface area contributed by atoms with Gasteiger partial charge in [-0.3, -0.25) is 24.9 Å². The number of hydrogen-bond acceptors (Lipinski definition) is 10. The van der Waals surface area contributed by atoms with Crippen LogP contribution in [0.4, 0.5) is 0 Å². The minimum Gasteiger partial charge on any atom is -0.493 e. The summed E-state index contributed by atoms with van der Waals surface area (Å²) in [4.78, 5) is 41.0. The Morgan fingerprint density at radius 1 is 0.308 bits per heavy atom. The molecule has 0 aliphatic rings. The van der Waals surface area contributed by atoms with E-state index in [1.54, 1.807) is 0 Å². The van der Waals surface area contributed by atoms with Gasteiger partial charge in [0.1, 0.15) is 22.5 Å². The molecular formula is C68H78N8O2. The molecule has 10 aromatic rings. The highest BCUT2D eigenvalue weighted by atomic mass is 16.5. The van der Waals surface area contributed by atoms with Crippen molar-refractivity contribution in [2.75, 3.05) is 13.2 Å². The Morgan fingerprint density at radius 2 is 0.641 bits per heavy atom. The number of ether oxygens (including phenoxy) is 2. The molecule has 0 aliphatic heterocycles. The van der Waals surface area contributed by atoms with Gasteiger partial charge in [-0.25, -0.2) is 15.0 Å². The summed E-state index contributed by atoms with van der Waals surface area (Å²) >= 11 is 0. The van der Waals surface area contributed by atoms with Crippen LogP contribution in [-0.2, 0) is 0 Å². The summed E-state index contributed by atoms with van der Waals surface area (Å²) in [6, 6.07) is 25.0. The van der Waals surface area contributed by atoms with Gasteiger partial charge in [-0.1, -0.05) is 142 Å². The van der Waals surface area contributed by atoms with Crippen LogP contribution in [0, 0.1) is 27.7 Å². The van der Waals surface area contributed by atoms with Gasteiger partial charge in [-0.15, -0.1) is 0 Å². The van der Waals surface area contributed by atoms with Gasteiger partial charge in [0.05, 0.1) is 63.4 Å². The van der Waals surface area contributed by atoms with Crippen LogP contribution in [0.5, 0.6) is 11.5 Å². The van der Waals surface area contributed by atoms with Crippen molar-refractivity contribution in [3.63, 3.8) is 0 Å². The van der Waals surface area contributed by atoms with Crippen LogP contribution in [-0.4, -0.2) is 53.1 Å². The molecule has 10 rings (SSSR count). The van der Waals surface area contributed by atoms with E-state index >= 15 is 0 Å². The molecule has 0 bridgehead atoms. The molecule has 0 radical (unpaired) electrons. The average molecular weight is 1040 g/mol. The molecule has 0 amide bonds. The van der Waals surface area contributed by atoms with Gasteiger partial charge in [0.25, 0.3) is 0 Å². The molecule has 78 heavy (non-hydrogen) atoms. The van der Waals surface area contributed by atoms with E-state index in [9.17, 15) is 0 Å². The topological polar surface area (TPSA) is 122 Å². The van der Waals surface area contributed by atoms with Crippen molar-refractivity contribution >= 4 is 65.7 Å². The number of aryl methyl sites for hydroxylation is 4. The third kappa shape index (κ3) is 11.9. The van der Waals surface area contributed by atoms with Gasteiger partial charge in [0.2, 0.25) is 0 Å². The lowest BCUT2D eigenvalue weighted by atomic mass is 9.99. The van der Waals surface area contributed by atoms with Crippen molar-refractivity contribution in [2.24, 2.45) is 0 Å².